The van der Waals surface area contributed by atoms with Crippen LogP contribution in [0.3, 0.4) is 0 Å². The van der Waals surface area contributed by atoms with E-state index in [0.29, 0.717) is 16.9 Å². The van der Waals surface area contributed by atoms with Gasteiger partial charge in [-0.15, -0.1) is 0 Å². The fourth-order valence-corrected chi connectivity index (χ4v) is 2.74. The van der Waals surface area contributed by atoms with E-state index in [0.717, 1.165) is 26.2 Å². The summed E-state index contributed by atoms with van der Waals surface area (Å²) < 4.78 is 4.46. The molecule has 142 valence electrons. The second kappa shape index (κ2) is 7.91. The van der Waals surface area contributed by atoms with Crippen LogP contribution in [0.2, 0.25) is 0 Å². The van der Waals surface area contributed by atoms with Crippen molar-refractivity contribution < 1.29 is 14.3 Å². The molecular formula is C16H19N7O4. The fourth-order valence-electron chi connectivity index (χ4n) is 2.74. The molecule has 1 aliphatic rings. The van der Waals surface area contributed by atoms with Crippen LogP contribution in [0.5, 0.6) is 0 Å². The summed E-state index contributed by atoms with van der Waals surface area (Å²) >= 11 is 0. The molecule has 11 heteroatoms. The minimum absolute atomic E-state index is 0.00590. The Bertz CT molecular complexity index is 871. The van der Waals surface area contributed by atoms with Gasteiger partial charge in [-0.1, -0.05) is 11.2 Å². The third kappa shape index (κ3) is 4.26. The lowest BCUT2D eigenvalue weighted by molar-refractivity contribution is -0.384. The molecular weight excluding hydrogens is 354 g/mol. The monoisotopic (exact) mass is 373 g/mol. The highest BCUT2D eigenvalue weighted by molar-refractivity contribution is 5.94. The molecule has 1 aromatic heterocycles. The van der Waals surface area contributed by atoms with Crippen molar-refractivity contribution in [3.05, 3.63) is 45.3 Å². The van der Waals surface area contributed by atoms with E-state index in [4.69, 9.17) is 0 Å². The number of hydrazone groups is 1. The number of anilines is 1. The van der Waals surface area contributed by atoms with Crippen LogP contribution in [0.4, 0.5) is 11.4 Å². The van der Waals surface area contributed by atoms with E-state index in [2.05, 4.69) is 30.4 Å². The van der Waals surface area contributed by atoms with Gasteiger partial charge in [0.25, 0.3) is 11.6 Å². The second-order valence-corrected chi connectivity index (χ2v) is 6.19. The van der Waals surface area contributed by atoms with Gasteiger partial charge < -0.3 is 9.80 Å². The number of carbonyl (C=O) groups is 1. The van der Waals surface area contributed by atoms with Crippen LogP contribution in [0, 0.1) is 17.0 Å². The van der Waals surface area contributed by atoms with Crippen molar-refractivity contribution in [2.24, 2.45) is 5.10 Å². The summed E-state index contributed by atoms with van der Waals surface area (Å²) in [7, 11) is 2.02. The number of hydrogen-bond donors (Lipinski definition) is 1. The first-order chi connectivity index (χ1) is 13.0. The minimum atomic E-state index is -0.575. The Morgan fingerprint density at radius 3 is 2.70 bits per heavy atom. The van der Waals surface area contributed by atoms with Crippen molar-refractivity contribution in [2.75, 3.05) is 38.1 Å². The number of aromatic nitrogens is 2. The number of piperazine rings is 1. The number of hydrogen-bond acceptors (Lipinski definition) is 9. The second-order valence-electron chi connectivity index (χ2n) is 6.19. The average molecular weight is 373 g/mol. The Labute approximate surface area is 154 Å². The van der Waals surface area contributed by atoms with Crippen molar-refractivity contribution in [1.82, 2.24) is 20.6 Å². The zero-order valence-corrected chi connectivity index (χ0v) is 15.0. The Balaban J connectivity index is 1.73. The highest BCUT2D eigenvalue weighted by atomic mass is 16.6. The molecule has 1 saturated heterocycles. The summed E-state index contributed by atoms with van der Waals surface area (Å²) in [6.45, 7) is 4.73. The quantitative estimate of drug-likeness (QED) is 0.463. The smallest absolute Gasteiger partial charge is 0.295 e. The van der Waals surface area contributed by atoms with Gasteiger partial charge >= 0.3 is 0 Å². The predicted octanol–water partition coefficient (Wildman–Crippen LogP) is 0.802. The number of amides is 1. The lowest BCUT2D eigenvalue weighted by atomic mass is 10.1. The summed E-state index contributed by atoms with van der Waals surface area (Å²) in [4.78, 5) is 27.1. The molecule has 0 unspecified atom stereocenters. The lowest BCUT2D eigenvalue weighted by Crippen LogP contribution is -2.44. The maximum atomic E-state index is 11.9. The van der Waals surface area contributed by atoms with Gasteiger partial charge in [-0.25, -0.2) is 10.1 Å². The highest BCUT2D eigenvalue weighted by Crippen LogP contribution is 2.29. The number of rotatable bonds is 5. The van der Waals surface area contributed by atoms with E-state index in [9.17, 15) is 14.9 Å². The van der Waals surface area contributed by atoms with Gasteiger partial charge in [-0.3, -0.25) is 14.9 Å². The van der Waals surface area contributed by atoms with Crippen molar-refractivity contribution in [3.8, 4) is 0 Å². The van der Waals surface area contributed by atoms with Gasteiger partial charge in [-0.2, -0.15) is 5.10 Å². The van der Waals surface area contributed by atoms with Gasteiger partial charge in [0.05, 0.1) is 11.1 Å². The van der Waals surface area contributed by atoms with Gasteiger partial charge in [0, 0.05) is 37.8 Å². The van der Waals surface area contributed by atoms with Crippen LogP contribution in [0.25, 0.3) is 0 Å². The Kier molecular flexibility index (Phi) is 5.41. The first kappa shape index (κ1) is 18.5. The van der Waals surface area contributed by atoms with Crippen molar-refractivity contribution in [3.63, 3.8) is 0 Å². The molecule has 1 fully saturated rings. The molecule has 11 nitrogen and oxygen atoms in total. The van der Waals surface area contributed by atoms with Crippen LogP contribution < -0.4 is 10.3 Å². The minimum Gasteiger partial charge on any atom is -0.363 e. The molecule has 0 atom stereocenters. The third-order valence-corrected chi connectivity index (χ3v) is 4.29. The number of nitro benzene ring substituents is 1. The predicted molar refractivity (Wildman–Crippen MR) is 96.9 cm³/mol. The standard InChI is InChI=1S/C16H19N7O4/c1-11-15(20-27-19-11)16(24)18-17-10-12-3-4-13(14(9-12)23(25)26)22-7-5-21(2)6-8-22/h3-4,9-10H,5-8H2,1-2H3,(H,18,24)/b17-10-. The van der Waals surface area contributed by atoms with Crippen LogP contribution in [0.1, 0.15) is 21.7 Å². The zero-order valence-electron chi connectivity index (χ0n) is 15.0. The molecule has 0 spiro atoms. The van der Waals surface area contributed by atoms with E-state index >= 15 is 0 Å². The van der Waals surface area contributed by atoms with E-state index in [1.54, 1.807) is 19.1 Å². The van der Waals surface area contributed by atoms with E-state index in [1.807, 2.05) is 11.9 Å². The normalized spacial score (nSPS) is 15.3. The van der Waals surface area contributed by atoms with Crippen LogP contribution >= 0.6 is 0 Å². The largest absolute Gasteiger partial charge is 0.363 e. The Morgan fingerprint density at radius 2 is 2.07 bits per heavy atom. The first-order valence-corrected chi connectivity index (χ1v) is 8.30. The zero-order chi connectivity index (χ0) is 19.4. The number of benzene rings is 1. The van der Waals surface area contributed by atoms with E-state index < -0.39 is 10.8 Å². The number of aryl methyl sites for hydroxylation is 1. The Hall–Kier alpha value is -3.34. The van der Waals surface area contributed by atoms with Crippen molar-refractivity contribution >= 4 is 23.5 Å². The topological polar surface area (TPSA) is 130 Å². The maximum absolute atomic E-state index is 11.9. The van der Waals surface area contributed by atoms with Gasteiger partial charge in [0.1, 0.15) is 11.4 Å². The third-order valence-electron chi connectivity index (χ3n) is 4.29. The van der Waals surface area contributed by atoms with Gasteiger partial charge in [0.15, 0.2) is 5.69 Å². The lowest BCUT2D eigenvalue weighted by Gasteiger charge is -2.33. The number of nitrogens with zero attached hydrogens (tertiary/aromatic N) is 6. The molecule has 0 aliphatic carbocycles. The van der Waals surface area contributed by atoms with Crippen molar-refractivity contribution in [1.29, 1.82) is 0 Å². The maximum Gasteiger partial charge on any atom is 0.295 e. The first-order valence-electron chi connectivity index (χ1n) is 8.30. The fraction of sp³-hybridized carbons (Fsp3) is 0.375. The molecule has 1 aliphatic heterocycles. The summed E-state index contributed by atoms with van der Waals surface area (Å²) in [5, 5.41) is 22.3. The van der Waals surface area contributed by atoms with E-state index in [1.165, 1.54) is 12.3 Å². The highest BCUT2D eigenvalue weighted by Gasteiger charge is 2.22. The Morgan fingerprint density at radius 1 is 1.33 bits per heavy atom. The average Bonchev–Trinajstić information content (AvgIpc) is 3.08. The van der Waals surface area contributed by atoms with Gasteiger partial charge in [0.2, 0.25) is 0 Å². The SMILES string of the molecule is Cc1nonc1C(=O)N/N=C\c1ccc(N2CCN(C)CC2)c([N+](=O)[O-])c1. The van der Waals surface area contributed by atoms with Crippen LogP contribution in [-0.4, -0.2) is 65.5 Å². The number of nitrogens with one attached hydrogen (secondary N) is 1. The number of nitro groups is 1. The summed E-state index contributed by atoms with van der Waals surface area (Å²) in [5.41, 5.74) is 3.74. The molecule has 2 aromatic rings. The summed E-state index contributed by atoms with van der Waals surface area (Å²) in [6.07, 6.45) is 1.33. The molecule has 2 heterocycles. The van der Waals surface area contributed by atoms with Crippen LogP contribution in [-0.2, 0) is 0 Å². The molecule has 27 heavy (non-hydrogen) atoms. The molecule has 0 radical (unpaired) electrons. The summed E-state index contributed by atoms with van der Waals surface area (Å²) in [5.74, 6) is -0.575. The summed E-state index contributed by atoms with van der Waals surface area (Å²) in [6, 6.07) is 4.86. The number of carbonyl (C=O) groups excluding carboxylic acids is 1. The van der Waals surface area contributed by atoms with E-state index in [-0.39, 0.29) is 11.4 Å². The molecule has 1 amide bonds. The molecule has 1 aromatic carbocycles. The molecule has 0 saturated carbocycles. The number of likely N-dealkylation sites (N-methyl/N-ethyl adjacent to an activating group) is 1. The molecule has 3 rings (SSSR count). The molecule has 1 N–H and O–H groups in total. The van der Waals surface area contributed by atoms with Crippen LogP contribution in [0.15, 0.2) is 27.9 Å². The van der Waals surface area contributed by atoms with Crippen molar-refractivity contribution in [2.45, 2.75) is 6.92 Å². The molecule has 0 bridgehead atoms. The van der Waals surface area contributed by atoms with Gasteiger partial charge in [-0.05, 0) is 25.2 Å².